The van der Waals surface area contributed by atoms with Gasteiger partial charge in [-0.05, 0) is 25.8 Å². The first-order valence-electron chi connectivity index (χ1n) is 7.85. The van der Waals surface area contributed by atoms with Gasteiger partial charge in [-0.25, -0.2) is 9.97 Å². The van der Waals surface area contributed by atoms with Crippen LogP contribution in [-0.4, -0.2) is 41.4 Å². The molecule has 1 atom stereocenters. The number of methoxy groups -OCH3 is 1. The van der Waals surface area contributed by atoms with Crippen molar-refractivity contribution in [3.63, 3.8) is 0 Å². The van der Waals surface area contributed by atoms with E-state index in [1.165, 1.54) is 11.8 Å². The third kappa shape index (κ3) is 4.20. The Balaban J connectivity index is 1.72. The van der Waals surface area contributed by atoms with E-state index in [4.69, 9.17) is 9.72 Å². The Morgan fingerprint density at radius 2 is 2.17 bits per heavy atom. The molecule has 0 saturated heterocycles. The standard InChI is InChI=1S/C17H21N3O2S/c1-11(9-22-2)18-15(21)10-23-17-13-5-3-4-6-14(13)19-16(20-17)12-7-8-12/h3-6,11-12H,7-10H2,1-2H3,(H,18,21)/t11-/m0/s1. The number of rotatable bonds is 7. The molecule has 6 heteroatoms. The Kier molecular flexibility index (Phi) is 5.13. The maximum absolute atomic E-state index is 12.0. The Labute approximate surface area is 140 Å². The van der Waals surface area contributed by atoms with Crippen LogP contribution < -0.4 is 5.32 Å². The maximum Gasteiger partial charge on any atom is 0.230 e. The van der Waals surface area contributed by atoms with E-state index in [9.17, 15) is 4.79 Å². The number of para-hydroxylation sites is 1. The van der Waals surface area contributed by atoms with Crippen LogP contribution in [-0.2, 0) is 9.53 Å². The van der Waals surface area contributed by atoms with Crippen LogP contribution >= 0.6 is 11.8 Å². The molecule has 1 aromatic heterocycles. The molecule has 0 spiro atoms. The number of amides is 1. The molecule has 122 valence electrons. The first kappa shape index (κ1) is 16.2. The zero-order valence-electron chi connectivity index (χ0n) is 13.4. The van der Waals surface area contributed by atoms with Crippen molar-refractivity contribution in [2.45, 2.75) is 36.8 Å². The number of thioether (sulfide) groups is 1. The highest BCUT2D eigenvalue weighted by Gasteiger charge is 2.27. The van der Waals surface area contributed by atoms with Gasteiger partial charge in [-0.2, -0.15) is 0 Å². The number of nitrogens with one attached hydrogen (secondary N) is 1. The molecular weight excluding hydrogens is 310 g/mol. The number of nitrogens with zero attached hydrogens (tertiary/aromatic N) is 2. The van der Waals surface area contributed by atoms with Crippen molar-refractivity contribution >= 4 is 28.6 Å². The smallest absolute Gasteiger partial charge is 0.230 e. The van der Waals surface area contributed by atoms with Gasteiger partial charge in [-0.1, -0.05) is 30.0 Å². The van der Waals surface area contributed by atoms with Gasteiger partial charge in [-0.15, -0.1) is 0 Å². The monoisotopic (exact) mass is 331 g/mol. The predicted octanol–water partition coefficient (Wildman–Crippen LogP) is 2.75. The normalized spacial score (nSPS) is 15.6. The highest BCUT2D eigenvalue weighted by Crippen LogP contribution is 2.39. The molecule has 0 aliphatic heterocycles. The average Bonchev–Trinajstić information content (AvgIpc) is 3.37. The van der Waals surface area contributed by atoms with Crippen LogP contribution in [0.15, 0.2) is 29.3 Å². The zero-order chi connectivity index (χ0) is 16.2. The third-order valence-electron chi connectivity index (χ3n) is 3.69. The Hall–Kier alpha value is -1.66. The molecule has 1 aliphatic carbocycles. The molecular formula is C17H21N3O2S. The van der Waals surface area contributed by atoms with Crippen LogP contribution in [0.4, 0.5) is 0 Å². The summed E-state index contributed by atoms with van der Waals surface area (Å²) >= 11 is 1.47. The van der Waals surface area contributed by atoms with Crippen molar-refractivity contribution in [3.05, 3.63) is 30.1 Å². The van der Waals surface area contributed by atoms with Gasteiger partial charge in [-0.3, -0.25) is 4.79 Å². The summed E-state index contributed by atoms with van der Waals surface area (Å²) in [5.41, 5.74) is 0.958. The molecule has 1 saturated carbocycles. The lowest BCUT2D eigenvalue weighted by atomic mass is 10.2. The van der Waals surface area contributed by atoms with E-state index >= 15 is 0 Å². The van der Waals surface area contributed by atoms with Crippen molar-refractivity contribution in [1.29, 1.82) is 0 Å². The van der Waals surface area contributed by atoms with E-state index in [0.717, 1.165) is 34.6 Å². The second-order valence-electron chi connectivity index (χ2n) is 5.89. The molecule has 2 aromatic rings. The molecule has 5 nitrogen and oxygen atoms in total. The Morgan fingerprint density at radius 3 is 2.91 bits per heavy atom. The summed E-state index contributed by atoms with van der Waals surface area (Å²) in [4.78, 5) is 21.4. The van der Waals surface area contributed by atoms with E-state index < -0.39 is 0 Å². The predicted molar refractivity (Wildman–Crippen MR) is 91.7 cm³/mol. The van der Waals surface area contributed by atoms with Crippen LogP contribution in [0.2, 0.25) is 0 Å². The number of aromatic nitrogens is 2. The second kappa shape index (κ2) is 7.27. The van der Waals surface area contributed by atoms with Gasteiger partial charge in [0.05, 0.1) is 17.9 Å². The molecule has 1 heterocycles. The van der Waals surface area contributed by atoms with E-state index in [2.05, 4.69) is 10.3 Å². The number of benzene rings is 1. The largest absolute Gasteiger partial charge is 0.383 e. The van der Waals surface area contributed by atoms with Crippen molar-refractivity contribution < 1.29 is 9.53 Å². The number of carbonyl (C=O) groups is 1. The van der Waals surface area contributed by atoms with Gasteiger partial charge in [0.15, 0.2) is 0 Å². The van der Waals surface area contributed by atoms with Gasteiger partial charge in [0.25, 0.3) is 0 Å². The van der Waals surface area contributed by atoms with Crippen molar-refractivity contribution in [2.24, 2.45) is 0 Å². The fourth-order valence-electron chi connectivity index (χ4n) is 2.44. The van der Waals surface area contributed by atoms with Crippen molar-refractivity contribution in [1.82, 2.24) is 15.3 Å². The number of fused-ring (bicyclic) bond motifs is 1. The van der Waals surface area contributed by atoms with E-state index in [0.29, 0.717) is 18.3 Å². The lowest BCUT2D eigenvalue weighted by Gasteiger charge is -2.13. The van der Waals surface area contributed by atoms with Crippen LogP contribution in [0.3, 0.4) is 0 Å². The van der Waals surface area contributed by atoms with Crippen LogP contribution in [0, 0.1) is 0 Å². The topological polar surface area (TPSA) is 64.1 Å². The van der Waals surface area contributed by atoms with E-state index in [1.54, 1.807) is 7.11 Å². The molecule has 1 fully saturated rings. The minimum absolute atomic E-state index is 0.00443. The van der Waals surface area contributed by atoms with Gasteiger partial charge >= 0.3 is 0 Å². The summed E-state index contributed by atoms with van der Waals surface area (Å²) in [5, 5.41) is 4.83. The fraction of sp³-hybridized carbons (Fsp3) is 0.471. The minimum Gasteiger partial charge on any atom is -0.383 e. The van der Waals surface area contributed by atoms with Gasteiger partial charge < -0.3 is 10.1 Å². The van der Waals surface area contributed by atoms with Gasteiger partial charge in [0.2, 0.25) is 5.91 Å². The van der Waals surface area contributed by atoms with Gasteiger partial charge in [0.1, 0.15) is 10.9 Å². The van der Waals surface area contributed by atoms with E-state index in [1.807, 2.05) is 31.2 Å². The van der Waals surface area contributed by atoms with Crippen LogP contribution in [0.25, 0.3) is 10.9 Å². The molecule has 1 aliphatic rings. The summed E-state index contributed by atoms with van der Waals surface area (Å²) in [7, 11) is 1.63. The molecule has 1 amide bonds. The molecule has 1 N–H and O–H groups in total. The summed E-state index contributed by atoms with van der Waals surface area (Å²) in [6.45, 7) is 2.44. The Morgan fingerprint density at radius 1 is 1.39 bits per heavy atom. The number of ether oxygens (including phenoxy) is 1. The van der Waals surface area contributed by atoms with Crippen LogP contribution in [0.1, 0.15) is 31.5 Å². The zero-order valence-corrected chi connectivity index (χ0v) is 14.2. The quantitative estimate of drug-likeness (QED) is 0.624. The van der Waals surface area contributed by atoms with Crippen LogP contribution in [0.5, 0.6) is 0 Å². The molecule has 3 rings (SSSR count). The lowest BCUT2D eigenvalue weighted by molar-refractivity contribution is -0.119. The van der Waals surface area contributed by atoms with Gasteiger partial charge in [0, 0.05) is 24.5 Å². The SMILES string of the molecule is COC[C@H](C)NC(=O)CSc1nc(C2CC2)nc2ccccc12. The number of hydrogen-bond acceptors (Lipinski definition) is 5. The fourth-order valence-corrected chi connectivity index (χ4v) is 3.28. The Bertz CT molecular complexity index is 703. The third-order valence-corrected chi connectivity index (χ3v) is 4.68. The average molecular weight is 331 g/mol. The number of carbonyl (C=O) groups excluding carboxylic acids is 1. The minimum atomic E-state index is -0.00443. The lowest BCUT2D eigenvalue weighted by Crippen LogP contribution is -2.36. The molecule has 1 aromatic carbocycles. The molecule has 0 bridgehead atoms. The summed E-state index contributed by atoms with van der Waals surface area (Å²) in [6.07, 6.45) is 2.33. The van der Waals surface area contributed by atoms with E-state index in [-0.39, 0.29) is 11.9 Å². The molecule has 23 heavy (non-hydrogen) atoms. The summed E-state index contributed by atoms with van der Waals surface area (Å²) in [5.74, 6) is 1.75. The first-order valence-corrected chi connectivity index (χ1v) is 8.83. The maximum atomic E-state index is 12.0. The summed E-state index contributed by atoms with van der Waals surface area (Å²) < 4.78 is 5.03. The highest BCUT2D eigenvalue weighted by molar-refractivity contribution is 8.00. The summed E-state index contributed by atoms with van der Waals surface area (Å²) in [6, 6.07) is 8.00. The molecule has 0 unspecified atom stereocenters. The first-order chi connectivity index (χ1) is 11.2. The molecule has 0 radical (unpaired) electrons. The van der Waals surface area contributed by atoms with Crippen molar-refractivity contribution in [3.8, 4) is 0 Å². The number of hydrogen-bond donors (Lipinski definition) is 1. The second-order valence-corrected chi connectivity index (χ2v) is 6.86. The van der Waals surface area contributed by atoms with Crippen molar-refractivity contribution in [2.75, 3.05) is 19.5 Å². The highest BCUT2D eigenvalue weighted by atomic mass is 32.2.